The molecule has 0 aliphatic heterocycles. The van der Waals surface area contributed by atoms with Gasteiger partial charge in [0.25, 0.3) is 0 Å². The number of Topliss-reactive ketones (excluding diaryl/α,β-unsaturated/α-hetero) is 1. The van der Waals surface area contributed by atoms with Crippen molar-refractivity contribution in [3.8, 4) is 0 Å². The third kappa shape index (κ3) is 4.99. The lowest BCUT2D eigenvalue weighted by molar-refractivity contribution is 0.0664. The molecule has 21 heavy (non-hydrogen) atoms. The van der Waals surface area contributed by atoms with Crippen molar-refractivity contribution < 1.29 is 9.63 Å². The maximum atomic E-state index is 12.2. The first-order valence-electron chi connectivity index (χ1n) is 6.89. The molecule has 0 bridgehead atoms. The van der Waals surface area contributed by atoms with Gasteiger partial charge in [0.05, 0.1) is 13.2 Å². The highest BCUT2D eigenvalue weighted by Crippen LogP contribution is 2.08. The molecular formula is C18H19NO2. The van der Waals surface area contributed by atoms with Gasteiger partial charge in [-0.3, -0.25) is 4.79 Å². The quantitative estimate of drug-likeness (QED) is 0.623. The predicted molar refractivity (Wildman–Crippen MR) is 84.8 cm³/mol. The van der Waals surface area contributed by atoms with Gasteiger partial charge in [0, 0.05) is 12.0 Å². The first kappa shape index (κ1) is 15.2. The van der Waals surface area contributed by atoms with Crippen molar-refractivity contribution in [2.75, 3.05) is 7.11 Å². The average Bonchev–Trinajstić information content (AvgIpc) is 2.54. The molecule has 0 saturated heterocycles. The van der Waals surface area contributed by atoms with Crippen LogP contribution < -0.4 is 5.48 Å². The van der Waals surface area contributed by atoms with Crippen molar-refractivity contribution in [2.45, 2.75) is 12.5 Å². The number of ketones is 1. The zero-order chi connectivity index (χ0) is 14.9. The van der Waals surface area contributed by atoms with Crippen LogP contribution in [0.4, 0.5) is 0 Å². The summed E-state index contributed by atoms with van der Waals surface area (Å²) in [5.74, 6) is 0.0860. The number of benzene rings is 2. The Kier molecular flexibility index (Phi) is 5.88. The van der Waals surface area contributed by atoms with E-state index in [1.54, 1.807) is 7.11 Å². The van der Waals surface area contributed by atoms with E-state index < -0.39 is 0 Å². The van der Waals surface area contributed by atoms with Crippen LogP contribution in [0, 0.1) is 0 Å². The molecule has 0 spiro atoms. The van der Waals surface area contributed by atoms with Crippen LogP contribution in [0.1, 0.15) is 22.3 Å². The zero-order valence-electron chi connectivity index (χ0n) is 12.0. The molecule has 0 saturated carbocycles. The smallest absolute Gasteiger partial charge is 0.164 e. The van der Waals surface area contributed by atoms with E-state index in [0.29, 0.717) is 12.0 Å². The van der Waals surface area contributed by atoms with Crippen LogP contribution in [0.25, 0.3) is 6.08 Å². The Morgan fingerprint density at radius 3 is 2.33 bits per heavy atom. The predicted octanol–water partition coefficient (Wildman–Crippen LogP) is 3.49. The van der Waals surface area contributed by atoms with Crippen molar-refractivity contribution in [1.29, 1.82) is 0 Å². The standard InChI is InChI=1S/C18H19NO2/c1-21-19-17(13-12-15-8-4-2-5-9-15)14-18(20)16-10-6-3-7-11-16/h2-13,17,19H,14H2,1H3/b13-12+. The van der Waals surface area contributed by atoms with Gasteiger partial charge in [-0.05, 0) is 5.56 Å². The number of hydroxylamine groups is 1. The number of hydrogen-bond acceptors (Lipinski definition) is 3. The highest BCUT2D eigenvalue weighted by Gasteiger charge is 2.12. The van der Waals surface area contributed by atoms with Crippen molar-refractivity contribution >= 4 is 11.9 Å². The summed E-state index contributed by atoms with van der Waals surface area (Å²) in [6, 6.07) is 19.1. The van der Waals surface area contributed by atoms with Gasteiger partial charge in [-0.25, -0.2) is 0 Å². The van der Waals surface area contributed by atoms with Crippen molar-refractivity contribution in [3.05, 3.63) is 77.9 Å². The number of nitrogens with one attached hydrogen (secondary N) is 1. The Bertz CT molecular complexity index is 579. The molecule has 2 aromatic carbocycles. The highest BCUT2D eigenvalue weighted by atomic mass is 16.6. The molecule has 0 aromatic heterocycles. The zero-order valence-corrected chi connectivity index (χ0v) is 12.0. The summed E-state index contributed by atoms with van der Waals surface area (Å²) < 4.78 is 0. The second-order valence-corrected chi connectivity index (χ2v) is 4.69. The second kappa shape index (κ2) is 8.15. The summed E-state index contributed by atoms with van der Waals surface area (Å²) in [7, 11) is 1.55. The summed E-state index contributed by atoms with van der Waals surface area (Å²) in [5.41, 5.74) is 4.65. The molecule has 108 valence electrons. The normalized spacial score (nSPS) is 12.4. The average molecular weight is 281 g/mol. The molecule has 1 N–H and O–H groups in total. The molecule has 0 amide bonds. The Labute approximate surface area is 125 Å². The summed E-state index contributed by atoms with van der Waals surface area (Å²) in [5, 5.41) is 0. The molecule has 0 radical (unpaired) electrons. The fourth-order valence-electron chi connectivity index (χ4n) is 2.03. The number of rotatable bonds is 7. The Morgan fingerprint density at radius 1 is 1.10 bits per heavy atom. The SMILES string of the molecule is CONC(/C=C/c1ccccc1)CC(=O)c1ccccc1. The van der Waals surface area contributed by atoms with E-state index in [1.807, 2.05) is 72.8 Å². The van der Waals surface area contributed by atoms with Gasteiger partial charge >= 0.3 is 0 Å². The van der Waals surface area contributed by atoms with Gasteiger partial charge < -0.3 is 4.84 Å². The summed E-state index contributed by atoms with van der Waals surface area (Å²) in [4.78, 5) is 17.2. The maximum absolute atomic E-state index is 12.2. The number of carbonyl (C=O) groups is 1. The van der Waals surface area contributed by atoms with E-state index in [1.165, 1.54) is 0 Å². The molecule has 0 aliphatic carbocycles. The minimum absolute atomic E-state index is 0.0860. The van der Waals surface area contributed by atoms with Gasteiger partial charge in [0.15, 0.2) is 5.78 Å². The first-order valence-corrected chi connectivity index (χ1v) is 6.89. The van der Waals surface area contributed by atoms with E-state index in [-0.39, 0.29) is 11.8 Å². The van der Waals surface area contributed by atoms with Gasteiger partial charge in [-0.15, -0.1) is 0 Å². The molecule has 0 fully saturated rings. The lowest BCUT2D eigenvalue weighted by Gasteiger charge is -2.12. The summed E-state index contributed by atoms with van der Waals surface area (Å²) >= 11 is 0. The highest BCUT2D eigenvalue weighted by molar-refractivity contribution is 5.96. The molecule has 1 unspecified atom stereocenters. The molecule has 0 heterocycles. The Hall–Kier alpha value is -2.23. The van der Waals surface area contributed by atoms with Crippen molar-refractivity contribution in [2.24, 2.45) is 0 Å². The third-order valence-corrected chi connectivity index (χ3v) is 3.09. The first-order chi connectivity index (χ1) is 10.3. The largest absolute Gasteiger partial charge is 0.305 e. The molecule has 2 rings (SSSR count). The number of carbonyl (C=O) groups excluding carboxylic acids is 1. The monoisotopic (exact) mass is 281 g/mol. The van der Waals surface area contributed by atoms with Crippen LogP contribution >= 0.6 is 0 Å². The lowest BCUT2D eigenvalue weighted by Crippen LogP contribution is -2.28. The second-order valence-electron chi connectivity index (χ2n) is 4.69. The molecular weight excluding hydrogens is 262 g/mol. The molecule has 0 aliphatic rings. The molecule has 3 heteroatoms. The molecule has 2 aromatic rings. The topological polar surface area (TPSA) is 38.3 Å². The Morgan fingerprint density at radius 2 is 1.71 bits per heavy atom. The van der Waals surface area contributed by atoms with E-state index in [9.17, 15) is 4.79 Å². The summed E-state index contributed by atoms with van der Waals surface area (Å²) in [6.45, 7) is 0. The van der Waals surface area contributed by atoms with E-state index in [2.05, 4.69) is 5.48 Å². The van der Waals surface area contributed by atoms with Crippen molar-refractivity contribution in [3.63, 3.8) is 0 Å². The molecule has 1 atom stereocenters. The fourth-order valence-corrected chi connectivity index (χ4v) is 2.03. The van der Waals surface area contributed by atoms with Gasteiger partial charge in [-0.1, -0.05) is 72.8 Å². The van der Waals surface area contributed by atoms with Crippen LogP contribution in [0.3, 0.4) is 0 Å². The fraction of sp³-hybridized carbons (Fsp3) is 0.167. The van der Waals surface area contributed by atoms with Crippen molar-refractivity contribution in [1.82, 2.24) is 5.48 Å². The van der Waals surface area contributed by atoms with E-state index in [4.69, 9.17) is 4.84 Å². The number of hydrogen-bond donors (Lipinski definition) is 1. The van der Waals surface area contributed by atoms with Crippen LogP contribution in [0.2, 0.25) is 0 Å². The van der Waals surface area contributed by atoms with Crippen LogP contribution in [0.5, 0.6) is 0 Å². The minimum atomic E-state index is -0.164. The lowest BCUT2D eigenvalue weighted by atomic mass is 10.0. The van der Waals surface area contributed by atoms with Crippen LogP contribution in [-0.2, 0) is 4.84 Å². The summed E-state index contributed by atoms with van der Waals surface area (Å²) in [6.07, 6.45) is 4.27. The van der Waals surface area contributed by atoms with Gasteiger partial charge in [0.1, 0.15) is 0 Å². The van der Waals surface area contributed by atoms with Crippen LogP contribution in [-0.4, -0.2) is 18.9 Å². The van der Waals surface area contributed by atoms with Crippen LogP contribution in [0.15, 0.2) is 66.7 Å². The minimum Gasteiger partial charge on any atom is -0.305 e. The van der Waals surface area contributed by atoms with Gasteiger partial charge in [0.2, 0.25) is 0 Å². The Balaban J connectivity index is 2.02. The third-order valence-electron chi connectivity index (χ3n) is 3.09. The molecule has 3 nitrogen and oxygen atoms in total. The maximum Gasteiger partial charge on any atom is 0.164 e. The van der Waals surface area contributed by atoms with Gasteiger partial charge in [-0.2, -0.15) is 5.48 Å². The van der Waals surface area contributed by atoms with E-state index in [0.717, 1.165) is 5.56 Å². The van der Waals surface area contributed by atoms with E-state index >= 15 is 0 Å².